The summed E-state index contributed by atoms with van der Waals surface area (Å²) in [6, 6.07) is 14.2. The first-order valence-corrected chi connectivity index (χ1v) is 18.1. The Kier molecular flexibility index (Phi) is 12.1. The minimum atomic E-state index is -4.67. The van der Waals surface area contributed by atoms with E-state index in [-0.39, 0.29) is 42.3 Å². The van der Waals surface area contributed by atoms with Crippen molar-refractivity contribution in [2.45, 2.75) is 76.5 Å². The molecule has 2 aromatic heterocycles. The standard InChI is InChI=1S/C39H44ClF3N6O4/c1-22(50)18-44-20-25-16-31(39(41,42)43)37(49-38(25)53-3)48-32-9-5-7-27-28(6-4-8-29(27)32)30-14-15-46-36(35(30)40)23-10-11-24(33(17-23)52-2)19-45-21-26-12-13-34(51)47-26/h4,6,8,10-11,14-17,22,26,32,44-45,50H,5,7,9,12-13,18-21H2,1-3H3,(H,47,51)(H,48,49)/t22-,26-,32-/m1/s1. The van der Waals surface area contributed by atoms with E-state index >= 15 is 0 Å². The van der Waals surface area contributed by atoms with Crippen LogP contribution in [-0.4, -0.2) is 60.4 Å². The number of halogens is 4. The molecule has 4 aromatic rings. The second kappa shape index (κ2) is 16.7. The van der Waals surface area contributed by atoms with Crippen molar-refractivity contribution in [1.29, 1.82) is 0 Å². The van der Waals surface area contributed by atoms with Crippen LogP contribution in [0.15, 0.2) is 54.7 Å². The highest BCUT2D eigenvalue weighted by atomic mass is 35.5. The highest BCUT2D eigenvalue weighted by Gasteiger charge is 2.37. The topological polar surface area (TPSA) is 130 Å². The number of alkyl halides is 3. The second-order valence-electron chi connectivity index (χ2n) is 13.5. The van der Waals surface area contributed by atoms with Gasteiger partial charge in [0.05, 0.1) is 42.6 Å². The van der Waals surface area contributed by atoms with E-state index in [1.807, 2.05) is 42.5 Å². The Labute approximate surface area is 311 Å². The number of fused-ring (bicyclic) bond motifs is 1. The molecule has 0 spiro atoms. The minimum Gasteiger partial charge on any atom is -0.496 e. The molecule has 6 rings (SSSR count). The number of benzene rings is 2. The summed E-state index contributed by atoms with van der Waals surface area (Å²) >= 11 is 7.13. The zero-order valence-corrected chi connectivity index (χ0v) is 30.6. The van der Waals surface area contributed by atoms with Gasteiger partial charge in [-0.1, -0.05) is 41.9 Å². The summed E-state index contributed by atoms with van der Waals surface area (Å²) in [5.41, 5.74) is 5.16. The lowest BCUT2D eigenvalue weighted by atomic mass is 9.83. The number of carbonyl (C=O) groups excluding carboxylic acids is 1. The van der Waals surface area contributed by atoms with Gasteiger partial charge in [-0.3, -0.25) is 9.78 Å². The highest BCUT2D eigenvalue weighted by molar-refractivity contribution is 6.35. The highest BCUT2D eigenvalue weighted by Crippen LogP contribution is 2.44. The molecular formula is C39H44ClF3N6O4. The molecule has 282 valence electrons. The molecule has 10 nitrogen and oxygen atoms in total. The number of amides is 1. The number of ether oxygens (including phenoxy) is 2. The molecule has 1 saturated heterocycles. The molecule has 1 aliphatic carbocycles. The van der Waals surface area contributed by atoms with Crippen LogP contribution in [0.25, 0.3) is 22.4 Å². The summed E-state index contributed by atoms with van der Waals surface area (Å²) in [5.74, 6) is 0.516. The molecule has 0 saturated carbocycles. The van der Waals surface area contributed by atoms with Crippen molar-refractivity contribution in [2.75, 3.05) is 32.6 Å². The van der Waals surface area contributed by atoms with Gasteiger partial charge in [-0.05, 0) is 67.5 Å². The molecule has 1 fully saturated rings. The molecule has 0 radical (unpaired) electrons. The van der Waals surface area contributed by atoms with E-state index in [0.717, 1.165) is 52.3 Å². The summed E-state index contributed by atoms with van der Waals surface area (Å²) < 4.78 is 54.5. The van der Waals surface area contributed by atoms with E-state index in [1.54, 1.807) is 20.2 Å². The number of nitrogens with zero attached hydrogens (tertiary/aromatic N) is 2. The Morgan fingerprint density at radius 3 is 2.55 bits per heavy atom. The van der Waals surface area contributed by atoms with Crippen molar-refractivity contribution in [3.05, 3.63) is 87.6 Å². The number of rotatable bonds is 14. The fourth-order valence-electron chi connectivity index (χ4n) is 7.10. The molecular weight excluding hydrogens is 709 g/mol. The normalized spacial score (nSPS) is 17.6. The molecule has 3 atom stereocenters. The monoisotopic (exact) mass is 752 g/mol. The van der Waals surface area contributed by atoms with E-state index in [1.165, 1.54) is 7.11 Å². The SMILES string of the molecule is COc1cc(-c2nccc(-c3cccc4c3CCC[C@H]4Nc3nc(OC)c(CNC[C@@H](C)O)cc3C(F)(F)F)c2Cl)ccc1CNC[C@H]1CCC(=O)N1. The molecule has 1 aliphatic heterocycles. The van der Waals surface area contributed by atoms with Crippen LogP contribution >= 0.6 is 11.6 Å². The van der Waals surface area contributed by atoms with Gasteiger partial charge in [0, 0.05) is 67.1 Å². The number of aliphatic hydroxyl groups is 1. The largest absolute Gasteiger partial charge is 0.496 e. The van der Waals surface area contributed by atoms with Crippen molar-refractivity contribution in [3.63, 3.8) is 0 Å². The first-order valence-electron chi connectivity index (χ1n) is 17.7. The van der Waals surface area contributed by atoms with Gasteiger partial charge in [0.1, 0.15) is 11.6 Å². The van der Waals surface area contributed by atoms with E-state index < -0.39 is 23.9 Å². The maximum Gasteiger partial charge on any atom is 0.419 e. The third-order valence-electron chi connectivity index (χ3n) is 9.66. The van der Waals surface area contributed by atoms with Gasteiger partial charge >= 0.3 is 6.18 Å². The van der Waals surface area contributed by atoms with Crippen LogP contribution in [-0.2, 0) is 30.5 Å². The zero-order valence-electron chi connectivity index (χ0n) is 29.9. The van der Waals surface area contributed by atoms with Crippen LogP contribution < -0.4 is 30.7 Å². The van der Waals surface area contributed by atoms with Crippen molar-refractivity contribution < 1.29 is 32.5 Å². The van der Waals surface area contributed by atoms with Crippen LogP contribution in [0.3, 0.4) is 0 Å². The summed E-state index contributed by atoms with van der Waals surface area (Å²) in [5, 5.41) is 22.4. The molecule has 5 N–H and O–H groups in total. The molecule has 53 heavy (non-hydrogen) atoms. The predicted octanol–water partition coefficient (Wildman–Crippen LogP) is 6.83. The third-order valence-corrected chi connectivity index (χ3v) is 10.0. The number of hydrogen-bond acceptors (Lipinski definition) is 9. The summed E-state index contributed by atoms with van der Waals surface area (Å²) in [6.45, 7) is 3.06. The smallest absolute Gasteiger partial charge is 0.419 e. The number of carbonyl (C=O) groups is 1. The lowest BCUT2D eigenvalue weighted by molar-refractivity contribution is -0.137. The van der Waals surface area contributed by atoms with Gasteiger partial charge in [0.2, 0.25) is 11.8 Å². The Hall–Kier alpha value is -4.43. The molecule has 1 amide bonds. The number of methoxy groups -OCH3 is 2. The fraction of sp³-hybridized carbons (Fsp3) is 0.410. The average molecular weight is 753 g/mol. The first-order chi connectivity index (χ1) is 25.5. The van der Waals surface area contributed by atoms with Crippen LogP contribution in [0.4, 0.5) is 19.0 Å². The quantitative estimate of drug-likeness (QED) is 0.0942. The number of hydrogen-bond donors (Lipinski definition) is 5. The van der Waals surface area contributed by atoms with E-state index in [9.17, 15) is 23.1 Å². The molecule has 2 aliphatic rings. The van der Waals surface area contributed by atoms with E-state index in [4.69, 9.17) is 21.1 Å². The zero-order chi connectivity index (χ0) is 37.7. The van der Waals surface area contributed by atoms with Crippen molar-refractivity contribution in [3.8, 4) is 34.0 Å². The Morgan fingerprint density at radius 1 is 1.02 bits per heavy atom. The maximum absolute atomic E-state index is 14.4. The Bertz CT molecular complexity index is 1940. The van der Waals surface area contributed by atoms with Gasteiger partial charge in [0.15, 0.2) is 0 Å². The third kappa shape index (κ3) is 8.86. The number of anilines is 1. The van der Waals surface area contributed by atoms with Gasteiger partial charge in [-0.2, -0.15) is 18.2 Å². The number of aliphatic hydroxyl groups excluding tert-OH is 1. The Balaban J connectivity index is 1.27. The van der Waals surface area contributed by atoms with Gasteiger partial charge < -0.3 is 35.8 Å². The molecule has 2 aromatic carbocycles. The Morgan fingerprint density at radius 2 is 1.83 bits per heavy atom. The molecule has 0 bridgehead atoms. The van der Waals surface area contributed by atoms with Gasteiger partial charge in [-0.25, -0.2) is 0 Å². The number of aromatic nitrogens is 2. The van der Waals surface area contributed by atoms with Crippen molar-refractivity contribution in [1.82, 2.24) is 25.9 Å². The molecule has 3 heterocycles. The van der Waals surface area contributed by atoms with Crippen LogP contribution in [0, 0.1) is 0 Å². The lowest BCUT2D eigenvalue weighted by Crippen LogP contribution is -2.35. The summed E-state index contributed by atoms with van der Waals surface area (Å²) in [6.07, 6.45) is -0.218. The second-order valence-corrected chi connectivity index (χ2v) is 13.9. The van der Waals surface area contributed by atoms with Crippen LogP contribution in [0.2, 0.25) is 5.02 Å². The maximum atomic E-state index is 14.4. The van der Waals surface area contributed by atoms with E-state index in [0.29, 0.717) is 48.8 Å². The summed E-state index contributed by atoms with van der Waals surface area (Å²) in [7, 11) is 2.98. The van der Waals surface area contributed by atoms with Crippen LogP contribution in [0.1, 0.15) is 66.5 Å². The van der Waals surface area contributed by atoms with Gasteiger partial charge in [0.25, 0.3) is 0 Å². The first kappa shape index (κ1) is 38.3. The van der Waals surface area contributed by atoms with Crippen molar-refractivity contribution >= 4 is 23.3 Å². The number of pyridine rings is 2. The molecule has 14 heteroatoms. The number of nitrogens with one attached hydrogen (secondary N) is 4. The fourth-order valence-corrected chi connectivity index (χ4v) is 7.42. The van der Waals surface area contributed by atoms with Crippen molar-refractivity contribution in [2.24, 2.45) is 0 Å². The van der Waals surface area contributed by atoms with E-state index in [2.05, 4.69) is 31.2 Å². The summed E-state index contributed by atoms with van der Waals surface area (Å²) in [4.78, 5) is 20.5. The lowest BCUT2D eigenvalue weighted by Gasteiger charge is -2.30. The predicted molar refractivity (Wildman–Crippen MR) is 198 cm³/mol. The minimum absolute atomic E-state index is 0.0468. The van der Waals surface area contributed by atoms with Crippen LogP contribution in [0.5, 0.6) is 11.6 Å². The molecule has 0 unspecified atom stereocenters. The average Bonchev–Trinajstić information content (AvgIpc) is 3.56. The van der Waals surface area contributed by atoms with Gasteiger partial charge in [-0.15, -0.1) is 0 Å².